The van der Waals surface area contributed by atoms with Gasteiger partial charge in [0.25, 0.3) is 5.91 Å². The number of nitrogens with one attached hydrogen (secondary N) is 1. The zero-order valence-electron chi connectivity index (χ0n) is 14.1. The molecule has 0 atom stereocenters. The van der Waals surface area contributed by atoms with Crippen LogP contribution < -0.4 is 11.0 Å². The molecule has 8 heteroatoms. The van der Waals surface area contributed by atoms with Crippen molar-refractivity contribution in [1.82, 2.24) is 24.6 Å². The molecule has 0 saturated heterocycles. The van der Waals surface area contributed by atoms with Crippen molar-refractivity contribution in [2.24, 2.45) is 0 Å². The molecule has 1 aromatic heterocycles. The average Bonchev–Trinajstić information content (AvgIpc) is 2.93. The topological polar surface area (TPSA) is 89.2 Å². The summed E-state index contributed by atoms with van der Waals surface area (Å²) in [4.78, 5) is 38.2. The molecule has 0 saturated carbocycles. The van der Waals surface area contributed by atoms with E-state index < -0.39 is 5.69 Å². The largest absolute Gasteiger partial charge is 0.354 e. The van der Waals surface area contributed by atoms with Gasteiger partial charge in [0.1, 0.15) is 6.54 Å². The van der Waals surface area contributed by atoms with E-state index in [0.717, 1.165) is 10.2 Å². The van der Waals surface area contributed by atoms with Gasteiger partial charge in [-0.05, 0) is 18.9 Å². The fourth-order valence-electron chi connectivity index (χ4n) is 2.85. The third kappa shape index (κ3) is 3.62. The molecule has 0 unspecified atom stereocenters. The molecule has 0 aliphatic carbocycles. The van der Waals surface area contributed by atoms with Crippen LogP contribution >= 0.6 is 0 Å². The van der Waals surface area contributed by atoms with Crippen LogP contribution in [0.2, 0.25) is 0 Å². The van der Waals surface area contributed by atoms with Crippen LogP contribution in [0.1, 0.15) is 23.1 Å². The Morgan fingerprint density at radius 2 is 1.96 bits per heavy atom. The van der Waals surface area contributed by atoms with Gasteiger partial charge < -0.3 is 10.2 Å². The Morgan fingerprint density at radius 1 is 1.20 bits per heavy atom. The summed E-state index contributed by atoms with van der Waals surface area (Å²) in [5, 5.41) is 6.83. The molecular formula is C17H21N5O3. The molecular weight excluding hydrogens is 322 g/mol. The first-order valence-corrected chi connectivity index (χ1v) is 8.37. The van der Waals surface area contributed by atoms with E-state index in [-0.39, 0.29) is 24.2 Å². The summed E-state index contributed by atoms with van der Waals surface area (Å²) in [5.74, 6) is -0.461. The van der Waals surface area contributed by atoms with E-state index in [4.69, 9.17) is 0 Å². The zero-order valence-corrected chi connectivity index (χ0v) is 14.1. The molecule has 3 rings (SSSR count). The van der Waals surface area contributed by atoms with Crippen molar-refractivity contribution in [2.75, 3.05) is 19.6 Å². The smallest absolute Gasteiger partial charge is 0.346 e. The van der Waals surface area contributed by atoms with Crippen molar-refractivity contribution in [3.8, 4) is 0 Å². The maximum absolute atomic E-state index is 12.3. The maximum Gasteiger partial charge on any atom is 0.346 e. The third-order valence-corrected chi connectivity index (χ3v) is 4.25. The van der Waals surface area contributed by atoms with Gasteiger partial charge in [-0.15, -0.1) is 5.10 Å². The van der Waals surface area contributed by atoms with Crippen molar-refractivity contribution in [1.29, 1.82) is 0 Å². The van der Waals surface area contributed by atoms with Crippen LogP contribution in [0.3, 0.4) is 0 Å². The SMILES string of the molecule is CCN1CCn2c(nn(CC(=O)NCCc3ccccc3)c2=O)C1=O. The Bertz CT molecular complexity index is 825. The first-order valence-electron chi connectivity index (χ1n) is 8.37. The summed E-state index contributed by atoms with van der Waals surface area (Å²) in [5.41, 5.74) is 0.708. The number of hydrogen-bond acceptors (Lipinski definition) is 4. The summed E-state index contributed by atoms with van der Waals surface area (Å²) in [6, 6.07) is 9.82. The van der Waals surface area contributed by atoms with Crippen LogP contribution in [-0.2, 0) is 24.3 Å². The molecule has 2 amide bonds. The lowest BCUT2D eigenvalue weighted by molar-refractivity contribution is -0.121. The highest BCUT2D eigenvalue weighted by Gasteiger charge is 2.28. The van der Waals surface area contributed by atoms with E-state index in [9.17, 15) is 14.4 Å². The molecule has 2 heterocycles. The fourth-order valence-corrected chi connectivity index (χ4v) is 2.85. The van der Waals surface area contributed by atoms with E-state index in [1.165, 1.54) is 4.57 Å². The summed E-state index contributed by atoms with van der Waals surface area (Å²) in [6.07, 6.45) is 0.713. The summed E-state index contributed by atoms with van der Waals surface area (Å²) >= 11 is 0. The Kier molecular flexibility index (Phi) is 4.97. The number of nitrogens with zero attached hydrogens (tertiary/aromatic N) is 4. The minimum Gasteiger partial charge on any atom is -0.354 e. The molecule has 0 radical (unpaired) electrons. The predicted octanol–water partition coefficient (Wildman–Crippen LogP) is -0.121. The Balaban J connectivity index is 1.61. The van der Waals surface area contributed by atoms with Gasteiger partial charge in [-0.1, -0.05) is 30.3 Å². The Morgan fingerprint density at radius 3 is 2.68 bits per heavy atom. The minimum atomic E-state index is -0.419. The molecule has 1 aromatic carbocycles. The van der Waals surface area contributed by atoms with Crippen LogP contribution in [0.5, 0.6) is 0 Å². The summed E-state index contributed by atoms with van der Waals surface area (Å²) < 4.78 is 2.40. The Hall–Kier alpha value is -2.90. The lowest BCUT2D eigenvalue weighted by Crippen LogP contribution is -2.43. The van der Waals surface area contributed by atoms with Gasteiger partial charge in [0.05, 0.1) is 0 Å². The monoisotopic (exact) mass is 343 g/mol. The molecule has 1 N–H and O–H groups in total. The fraction of sp³-hybridized carbons (Fsp3) is 0.412. The number of likely N-dealkylation sites (N-methyl/N-ethyl adjacent to an activating group) is 1. The highest BCUT2D eigenvalue weighted by Crippen LogP contribution is 2.07. The van der Waals surface area contributed by atoms with Crippen molar-refractivity contribution < 1.29 is 9.59 Å². The van der Waals surface area contributed by atoms with Crippen molar-refractivity contribution >= 4 is 11.8 Å². The number of benzene rings is 1. The first-order chi connectivity index (χ1) is 12.1. The van der Waals surface area contributed by atoms with Gasteiger partial charge in [-0.2, -0.15) is 0 Å². The first kappa shape index (κ1) is 16.9. The van der Waals surface area contributed by atoms with Gasteiger partial charge in [0, 0.05) is 26.2 Å². The number of aromatic nitrogens is 3. The zero-order chi connectivity index (χ0) is 17.8. The lowest BCUT2D eigenvalue weighted by atomic mass is 10.1. The Labute approximate surface area is 145 Å². The summed E-state index contributed by atoms with van der Waals surface area (Å²) in [6.45, 7) is 3.63. The lowest BCUT2D eigenvalue weighted by Gasteiger charge is -2.24. The van der Waals surface area contributed by atoms with E-state index in [1.807, 2.05) is 37.3 Å². The van der Waals surface area contributed by atoms with Crippen molar-refractivity contribution in [3.05, 3.63) is 52.2 Å². The molecule has 8 nitrogen and oxygen atoms in total. The van der Waals surface area contributed by atoms with E-state index in [0.29, 0.717) is 32.6 Å². The average molecular weight is 343 g/mol. The number of hydrogen-bond donors (Lipinski definition) is 1. The van der Waals surface area contributed by atoms with E-state index >= 15 is 0 Å². The number of fused-ring (bicyclic) bond motifs is 1. The maximum atomic E-state index is 12.3. The van der Waals surface area contributed by atoms with Crippen LogP contribution in [-0.4, -0.2) is 50.7 Å². The van der Waals surface area contributed by atoms with Gasteiger partial charge in [0.15, 0.2) is 0 Å². The third-order valence-electron chi connectivity index (χ3n) is 4.25. The predicted molar refractivity (Wildman–Crippen MR) is 91.2 cm³/mol. The number of carbonyl (C=O) groups excluding carboxylic acids is 2. The molecule has 0 spiro atoms. The van der Waals surface area contributed by atoms with Gasteiger partial charge in [-0.25, -0.2) is 9.48 Å². The molecule has 1 aliphatic rings. The molecule has 132 valence electrons. The second-order valence-electron chi connectivity index (χ2n) is 5.89. The van der Waals surface area contributed by atoms with Crippen LogP contribution in [0.25, 0.3) is 0 Å². The number of amides is 2. The highest BCUT2D eigenvalue weighted by atomic mass is 16.2. The normalized spacial score (nSPS) is 13.6. The second-order valence-corrected chi connectivity index (χ2v) is 5.89. The molecule has 1 aliphatic heterocycles. The molecule has 0 bridgehead atoms. The highest BCUT2D eigenvalue weighted by molar-refractivity contribution is 5.91. The van der Waals surface area contributed by atoms with Gasteiger partial charge >= 0.3 is 5.69 Å². The molecule has 25 heavy (non-hydrogen) atoms. The summed E-state index contributed by atoms with van der Waals surface area (Å²) in [7, 11) is 0. The van der Waals surface area contributed by atoms with Crippen LogP contribution in [0, 0.1) is 0 Å². The molecule has 2 aromatic rings. The van der Waals surface area contributed by atoms with Crippen LogP contribution in [0.15, 0.2) is 35.1 Å². The quantitative estimate of drug-likeness (QED) is 0.792. The second kappa shape index (κ2) is 7.33. The number of carbonyl (C=O) groups is 2. The van der Waals surface area contributed by atoms with Crippen molar-refractivity contribution in [2.45, 2.75) is 26.4 Å². The van der Waals surface area contributed by atoms with Crippen LogP contribution in [0.4, 0.5) is 0 Å². The van der Waals surface area contributed by atoms with Gasteiger partial charge in [0.2, 0.25) is 11.7 Å². The standard InChI is InChI=1S/C17H21N5O3/c1-2-20-10-11-21-15(16(20)24)19-22(17(21)25)12-14(23)18-9-8-13-6-4-3-5-7-13/h3-7H,2,8-12H2,1H3,(H,18,23). The van der Waals surface area contributed by atoms with Gasteiger partial charge in [-0.3, -0.25) is 14.2 Å². The molecule has 0 fully saturated rings. The van der Waals surface area contributed by atoms with E-state index in [2.05, 4.69) is 10.4 Å². The minimum absolute atomic E-state index is 0.107. The van der Waals surface area contributed by atoms with E-state index in [1.54, 1.807) is 4.90 Å². The number of rotatable bonds is 6. The van der Waals surface area contributed by atoms with Crippen molar-refractivity contribution in [3.63, 3.8) is 0 Å².